The second-order valence-electron chi connectivity index (χ2n) is 3.87. The average molecular weight is 355 g/mol. The Morgan fingerprint density at radius 1 is 1.10 bits per heavy atom. The van der Waals surface area contributed by atoms with E-state index in [9.17, 15) is 13.5 Å². The zero-order chi connectivity index (χ0) is 14.6. The maximum absolute atomic E-state index is 11.9. The third-order valence-corrected chi connectivity index (χ3v) is 4.20. The molecule has 2 N–H and O–H groups in total. The fraction of sp³-hybridized carbons (Fsp3) is 0. The minimum Gasteiger partial charge on any atom is -0.507 e. The summed E-state index contributed by atoms with van der Waals surface area (Å²) in [4.78, 5) is 2.19. The van der Waals surface area contributed by atoms with Crippen LogP contribution in [0.25, 0.3) is 0 Å². The Hall–Kier alpha value is -1.86. The predicted molar refractivity (Wildman–Crippen MR) is 80.2 cm³/mol. The first-order valence-electron chi connectivity index (χ1n) is 5.57. The molecule has 5 nitrogen and oxygen atoms in total. The highest BCUT2D eigenvalue weighted by Crippen LogP contribution is 2.15. The molecule has 2 rings (SSSR count). The summed E-state index contributed by atoms with van der Waals surface area (Å²) in [6, 6.07) is 12.7. The minimum absolute atomic E-state index is 0.0269. The van der Waals surface area contributed by atoms with Crippen molar-refractivity contribution in [1.29, 1.82) is 0 Å². The van der Waals surface area contributed by atoms with Gasteiger partial charge < -0.3 is 5.11 Å². The van der Waals surface area contributed by atoms with Gasteiger partial charge in [0.2, 0.25) is 0 Å². The molecule has 0 aliphatic carbocycles. The fourth-order valence-corrected chi connectivity index (χ4v) is 2.48. The Balaban J connectivity index is 2.14. The van der Waals surface area contributed by atoms with E-state index >= 15 is 0 Å². The molecule has 0 aliphatic rings. The SMILES string of the molecule is O=S(=O)(N/N=C/c1ccccc1O)c1ccc(Br)cc1. The van der Waals surface area contributed by atoms with E-state index in [1.807, 2.05) is 0 Å². The van der Waals surface area contributed by atoms with Gasteiger partial charge >= 0.3 is 0 Å². The second kappa shape index (κ2) is 6.06. The van der Waals surface area contributed by atoms with Crippen molar-refractivity contribution in [2.45, 2.75) is 4.90 Å². The van der Waals surface area contributed by atoms with Crippen LogP contribution in [0.2, 0.25) is 0 Å². The largest absolute Gasteiger partial charge is 0.507 e. The van der Waals surface area contributed by atoms with E-state index in [0.29, 0.717) is 5.56 Å². The zero-order valence-corrected chi connectivity index (χ0v) is 12.6. The molecule has 0 aliphatic heterocycles. The standard InChI is InChI=1S/C13H11BrN2O3S/c14-11-5-7-12(8-6-11)20(18,19)16-15-9-10-3-1-2-4-13(10)17/h1-9,16-17H/b15-9+. The number of halogens is 1. The molecule has 104 valence electrons. The summed E-state index contributed by atoms with van der Waals surface area (Å²) in [6.07, 6.45) is 1.24. The third kappa shape index (κ3) is 3.58. The van der Waals surface area contributed by atoms with Crippen molar-refractivity contribution in [3.63, 3.8) is 0 Å². The fourth-order valence-electron chi connectivity index (χ4n) is 1.43. The first-order valence-corrected chi connectivity index (χ1v) is 7.85. The smallest absolute Gasteiger partial charge is 0.276 e. The van der Waals surface area contributed by atoms with Gasteiger partial charge in [-0.1, -0.05) is 28.1 Å². The number of hydrogen-bond donors (Lipinski definition) is 2. The van der Waals surface area contributed by atoms with Crippen molar-refractivity contribution in [1.82, 2.24) is 4.83 Å². The average Bonchev–Trinajstić information content (AvgIpc) is 2.41. The number of aromatic hydroxyl groups is 1. The van der Waals surface area contributed by atoms with Crippen molar-refractivity contribution < 1.29 is 13.5 Å². The van der Waals surface area contributed by atoms with Crippen molar-refractivity contribution in [3.05, 3.63) is 58.6 Å². The molecule has 7 heteroatoms. The molecular formula is C13H11BrN2O3S. The van der Waals surface area contributed by atoms with E-state index in [-0.39, 0.29) is 10.6 Å². The first-order chi connectivity index (χ1) is 9.49. The van der Waals surface area contributed by atoms with Crippen molar-refractivity contribution in [2.75, 3.05) is 0 Å². The van der Waals surface area contributed by atoms with Crippen LogP contribution >= 0.6 is 15.9 Å². The molecule has 0 amide bonds. The lowest BCUT2D eigenvalue weighted by Crippen LogP contribution is -2.18. The van der Waals surface area contributed by atoms with E-state index in [1.54, 1.807) is 30.3 Å². The Morgan fingerprint density at radius 3 is 2.40 bits per heavy atom. The summed E-state index contributed by atoms with van der Waals surface area (Å²) in [6.45, 7) is 0. The minimum atomic E-state index is -3.71. The maximum atomic E-state index is 11.9. The predicted octanol–water partition coefficient (Wildman–Crippen LogP) is 2.47. The number of nitrogens with one attached hydrogen (secondary N) is 1. The van der Waals surface area contributed by atoms with Gasteiger partial charge in [0.1, 0.15) is 5.75 Å². The van der Waals surface area contributed by atoms with Gasteiger partial charge in [0.25, 0.3) is 10.0 Å². The Kier molecular flexibility index (Phi) is 4.41. The summed E-state index contributed by atoms with van der Waals surface area (Å²) in [5.41, 5.74) is 0.422. The number of sulfonamides is 1. The molecule has 0 aromatic heterocycles. The molecule has 0 bridgehead atoms. The first kappa shape index (κ1) is 14.5. The molecule has 2 aromatic carbocycles. The van der Waals surface area contributed by atoms with Crippen LogP contribution in [0.15, 0.2) is 63.0 Å². The van der Waals surface area contributed by atoms with Crippen LogP contribution in [-0.2, 0) is 10.0 Å². The van der Waals surface area contributed by atoms with Gasteiger partial charge in [-0.3, -0.25) is 0 Å². The molecular weight excluding hydrogens is 344 g/mol. The van der Waals surface area contributed by atoms with Gasteiger partial charge in [0.05, 0.1) is 11.1 Å². The van der Waals surface area contributed by atoms with Crippen molar-refractivity contribution in [3.8, 4) is 5.75 Å². The van der Waals surface area contributed by atoms with E-state index in [1.165, 1.54) is 24.4 Å². The van der Waals surface area contributed by atoms with Crippen LogP contribution in [0.3, 0.4) is 0 Å². The van der Waals surface area contributed by atoms with Gasteiger partial charge in [-0.2, -0.15) is 13.5 Å². The summed E-state index contributed by atoms with van der Waals surface area (Å²) < 4.78 is 24.6. The lowest BCUT2D eigenvalue weighted by Gasteiger charge is -2.03. The second-order valence-corrected chi connectivity index (χ2v) is 6.44. The van der Waals surface area contributed by atoms with E-state index in [4.69, 9.17) is 0 Å². The molecule has 0 saturated heterocycles. The maximum Gasteiger partial charge on any atom is 0.276 e. The van der Waals surface area contributed by atoms with Crippen LogP contribution in [0.5, 0.6) is 5.75 Å². The Morgan fingerprint density at radius 2 is 1.75 bits per heavy atom. The highest BCUT2D eigenvalue weighted by Gasteiger charge is 2.11. The van der Waals surface area contributed by atoms with Gasteiger partial charge in [-0.25, -0.2) is 4.83 Å². The molecule has 0 unspecified atom stereocenters. The normalized spacial score (nSPS) is 11.7. The van der Waals surface area contributed by atoms with E-state index in [2.05, 4.69) is 25.9 Å². The molecule has 0 heterocycles. The Labute approximate surface area is 125 Å². The quantitative estimate of drug-likeness (QED) is 0.653. The topological polar surface area (TPSA) is 78.8 Å². The number of benzene rings is 2. The highest BCUT2D eigenvalue weighted by molar-refractivity contribution is 9.10. The molecule has 0 fully saturated rings. The molecule has 2 aromatic rings. The van der Waals surface area contributed by atoms with Gasteiger partial charge in [0, 0.05) is 10.0 Å². The number of hydrogen-bond acceptors (Lipinski definition) is 4. The van der Waals surface area contributed by atoms with Crippen LogP contribution in [-0.4, -0.2) is 19.7 Å². The number of nitrogens with zero attached hydrogens (tertiary/aromatic N) is 1. The molecule has 0 spiro atoms. The third-order valence-electron chi connectivity index (χ3n) is 2.44. The summed E-state index contributed by atoms with van der Waals surface area (Å²) in [5, 5.41) is 13.2. The molecule has 0 atom stereocenters. The zero-order valence-electron chi connectivity index (χ0n) is 10.2. The van der Waals surface area contributed by atoms with Crippen LogP contribution in [0.1, 0.15) is 5.56 Å². The molecule has 0 saturated carbocycles. The highest BCUT2D eigenvalue weighted by atomic mass is 79.9. The summed E-state index contributed by atoms with van der Waals surface area (Å²) in [5.74, 6) is 0.0269. The van der Waals surface area contributed by atoms with E-state index in [0.717, 1.165) is 4.47 Å². The van der Waals surface area contributed by atoms with Crippen LogP contribution in [0, 0.1) is 0 Å². The number of para-hydroxylation sites is 1. The number of rotatable bonds is 4. The lowest BCUT2D eigenvalue weighted by molar-refractivity contribution is 0.474. The van der Waals surface area contributed by atoms with Gasteiger partial charge in [-0.15, -0.1) is 0 Å². The van der Waals surface area contributed by atoms with Crippen LogP contribution < -0.4 is 4.83 Å². The molecule has 20 heavy (non-hydrogen) atoms. The number of phenols is 1. The van der Waals surface area contributed by atoms with Crippen molar-refractivity contribution >= 4 is 32.2 Å². The summed E-state index contributed by atoms with van der Waals surface area (Å²) >= 11 is 3.23. The van der Waals surface area contributed by atoms with Crippen LogP contribution in [0.4, 0.5) is 0 Å². The monoisotopic (exact) mass is 354 g/mol. The van der Waals surface area contributed by atoms with Gasteiger partial charge in [-0.05, 0) is 36.4 Å². The lowest BCUT2D eigenvalue weighted by atomic mass is 10.2. The number of phenolic OH excluding ortho intramolecular Hbond substituents is 1. The van der Waals surface area contributed by atoms with Crippen molar-refractivity contribution in [2.24, 2.45) is 5.10 Å². The molecule has 0 radical (unpaired) electrons. The Bertz CT molecular complexity index is 728. The number of hydrazone groups is 1. The van der Waals surface area contributed by atoms with E-state index < -0.39 is 10.0 Å². The van der Waals surface area contributed by atoms with Gasteiger partial charge in [0.15, 0.2) is 0 Å². The summed E-state index contributed by atoms with van der Waals surface area (Å²) in [7, 11) is -3.71.